The summed E-state index contributed by atoms with van der Waals surface area (Å²) in [4.78, 5) is 14.9. The van der Waals surface area contributed by atoms with Gasteiger partial charge in [-0.2, -0.15) is 0 Å². The van der Waals surface area contributed by atoms with Gasteiger partial charge in [0.1, 0.15) is 11.3 Å². The van der Waals surface area contributed by atoms with Crippen LogP contribution >= 0.6 is 0 Å². The van der Waals surface area contributed by atoms with E-state index in [2.05, 4.69) is 9.71 Å². The second kappa shape index (κ2) is 6.14. The summed E-state index contributed by atoms with van der Waals surface area (Å²) < 4.78 is 41.7. The molecule has 3 rings (SSSR count). The van der Waals surface area contributed by atoms with Gasteiger partial charge in [0, 0.05) is 11.6 Å². The second-order valence-electron chi connectivity index (χ2n) is 5.33. The number of hydrogen-bond donors (Lipinski definition) is 2. The van der Waals surface area contributed by atoms with E-state index in [4.69, 9.17) is 5.11 Å². The predicted octanol–water partition coefficient (Wildman–Crippen LogP) is 3.18. The predicted molar refractivity (Wildman–Crippen MR) is 90.6 cm³/mol. The molecule has 0 amide bonds. The monoisotopic (exact) mass is 360 g/mol. The molecule has 0 aliphatic heterocycles. The first-order valence-electron chi connectivity index (χ1n) is 7.20. The zero-order chi connectivity index (χ0) is 18.2. The van der Waals surface area contributed by atoms with Crippen molar-refractivity contribution < 1.29 is 22.7 Å². The van der Waals surface area contributed by atoms with E-state index in [1.54, 1.807) is 0 Å². The molecule has 0 unspecified atom stereocenters. The van der Waals surface area contributed by atoms with Gasteiger partial charge < -0.3 is 5.11 Å². The number of anilines is 1. The maximum absolute atomic E-state index is 13.8. The van der Waals surface area contributed by atoms with Crippen LogP contribution in [0.5, 0.6) is 0 Å². The van der Waals surface area contributed by atoms with Crippen molar-refractivity contribution in [2.24, 2.45) is 0 Å². The lowest BCUT2D eigenvalue weighted by Gasteiger charge is -2.13. The first-order chi connectivity index (χ1) is 11.8. The Kier molecular flexibility index (Phi) is 4.13. The maximum atomic E-state index is 13.8. The Bertz CT molecular complexity index is 1100. The minimum absolute atomic E-state index is 0.00849. The van der Waals surface area contributed by atoms with Gasteiger partial charge in [-0.05, 0) is 48.9 Å². The highest BCUT2D eigenvalue weighted by Gasteiger charge is 2.21. The maximum Gasteiger partial charge on any atom is 0.336 e. The smallest absolute Gasteiger partial charge is 0.336 e. The van der Waals surface area contributed by atoms with Gasteiger partial charge in [0.2, 0.25) is 0 Å². The van der Waals surface area contributed by atoms with E-state index in [1.165, 1.54) is 43.5 Å². The first-order valence-corrected chi connectivity index (χ1v) is 8.68. The zero-order valence-electron chi connectivity index (χ0n) is 13.0. The molecule has 1 aromatic heterocycles. The van der Waals surface area contributed by atoms with Gasteiger partial charge in [-0.25, -0.2) is 17.6 Å². The number of nitrogens with one attached hydrogen (secondary N) is 1. The Morgan fingerprint density at radius 1 is 1.16 bits per heavy atom. The van der Waals surface area contributed by atoms with E-state index < -0.39 is 21.8 Å². The van der Waals surface area contributed by atoms with Crippen molar-refractivity contribution in [1.82, 2.24) is 4.98 Å². The summed E-state index contributed by atoms with van der Waals surface area (Å²) in [5.41, 5.74) is 0.358. The molecule has 0 atom stereocenters. The molecule has 6 nitrogen and oxygen atoms in total. The van der Waals surface area contributed by atoms with Crippen molar-refractivity contribution in [3.05, 3.63) is 65.6 Å². The number of nitrogens with zero attached hydrogens (tertiary/aromatic N) is 1. The van der Waals surface area contributed by atoms with E-state index in [0.717, 1.165) is 12.1 Å². The van der Waals surface area contributed by atoms with E-state index in [1.807, 2.05) is 0 Å². The quantitative estimate of drug-likeness (QED) is 0.745. The number of pyridine rings is 1. The average Bonchev–Trinajstić information content (AvgIpc) is 2.56. The molecule has 0 aliphatic rings. The van der Waals surface area contributed by atoms with Gasteiger partial charge in [0.15, 0.2) is 0 Å². The Hall–Kier alpha value is -3.00. The van der Waals surface area contributed by atoms with Crippen molar-refractivity contribution in [2.45, 2.75) is 11.8 Å². The number of rotatable bonds is 4. The molecule has 8 heteroatoms. The van der Waals surface area contributed by atoms with Gasteiger partial charge in [-0.3, -0.25) is 9.71 Å². The Labute approximate surface area is 143 Å². The van der Waals surface area contributed by atoms with E-state index in [-0.39, 0.29) is 32.6 Å². The third-order valence-corrected chi connectivity index (χ3v) is 5.20. The van der Waals surface area contributed by atoms with Crippen molar-refractivity contribution in [2.75, 3.05) is 4.72 Å². The first kappa shape index (κ1) is 16.8. The van der Waals surface area contributed by atoms with Crippen molar-refractivity contribution in [1.29, 1.82) is 0 Å². The highest BCUT2D eigenvalue weighted by Crippen LogP contribution is 2.27. The number of benzene rings is 2. The van der Waals surface area contributed by atoms with Crippen LogP contribution in [0.4, 0.5) is 10.1 Å². The highest BCUT2D eigenvalue weighted by atomic mass is 32.2. The van der Waals surface area contributed by atoms with Crippen LogP contribution in [0.1, 0.15) is 15.9 Å². The molecule has 1 heterocycles. The molecule has 3 aromatic rings. The number of hydrogen-bond acceptors (Lipinski definition) is 4. The molecule has 0 bridgehead atoms. The van der Waals surface area contributed by atoms with Crippen LogP contribution in [0.15, 0.2) is 53.6 Å². The average molecular weight is 360 g/mol. The fourth-order valence-corrected chi connectivity index (χ4v) is 3.85. The van der Waals surface area contributed by atoms with Crippen LogP contribution in [0.3, 0.4) is 0 Å². The molecule has 0 saturated carbocycles. The van der Waals surface area contributed by atoms with E-state index in [9.17, 15) is 17.6 Å². The molecule has 0 saturated heterocycles. The van der Waals surface area contributed by atoms with E-state index in [0.29, 0.717) is 0 Å². The Balaban J connectivity index is 2.12. The van der Waals surface area contributed by atoms with Crippen molar-refractivity contribution in [3.63, 3.8) is 0 Å². The minimum Gasteiger partial charge on any atom is -0.478 e. The molecule has 0 aliphatic carbocycles. The highest BCUT2D eigenvalue weighted by molar-refractivity contribution is 7.93. The van der Waals surface area contributed by atoms with Crippen LogP contribution in [-0.4, -0.2) is 24.5 Å². The third kappa shape index (κ3) is 3.03. The number of carboxylic acid groups (broad SMARTS) is 1. The molecular formula is C17H13FN2O4S. The number of carbonyl (C=O) groups is 1. The summed E-state index contributed by atoms with van der Waals surface area (Å²) >= 11 is 0. The molecule has 0 spiro atoms. The van der Waals surface area contributed by atoms with Crippen molar-refractivity contribution >= 4 is 32.6 Å². The fourth-order valence-electron chi connectivity index (χ4n) is 2.52. The largest absolute Gasteiger partial charge is 0.478 e. The van der Waals surface area contributed by atoms with E-state index >= 15 is 0 Å². The fraction of sp³-hybridized carbons (Fsp3) is 0.0588. The molecule has 0 radical (unpaired) electrons. The number of aromatic carboxylic acids is 1. The van der Waals surface area contributed by atoms with Crippen LogP contribution in [-0.2, 0) is 10.0 Å². The summed E-state index contributed by atoms with van der Waals surface area (Å²) in [5, 5.41) is 9.29. The van der Waals surface area contributed by atoms with Gasteiger partial charge in [0.25, 0.3) is 10.0 Å². The number of halogens is 1. The lowest BCUT2D eigenvalue weighted by molar-refractivity contribution is 0.0696. The number of carboxylic acids is 1. The zero-order valence-corrected chi connectivity index (χ0v) is 13.8. The third-order valence-electron chi connectivity index (χ3n) is 3.78. The van der Waals surface area contributed by atoms with Crippen LogP contribution in [0, 0.1) is 12.7 Å². The van der Waals surface area contributed by atoms with Crippen LogP contribution in [0.2, 0.25) is 0 Å². The Morgan fingerprint density at radius 3 is 2.64 bits per heavy atom. The van der Waals surface area contributed by atoms with Gasteiger partial charge >= 0.3 is 5.97 Å². The van der Waals surface area contributed by atoms with Gasteiger partial charge in [-0.15, -0.1) is 0 Å². The molecule has 2 N–H and O–H groups in total. The summed E-state index contributed by atoms with van der Waals surface area (Å²) in [6.45, 7) is 1.51. The molecule has 128 valence electrons. The van der Waals surface area contributed by atoms with Crippen molar-refractivity contribution in [3.8, 4) is 0 Å². The molecular weight excluding hydrogens is 347 g/mol. The van der Waals surface area contributed by atoms with Gasteiger partial charge in [0.05, 0.1) is 16.1 Å². The second-order valence-corrected chi connectivity index (χ2v) is 6.98. The van der Waals surface area contributed by atoms with Crippen LogP contribution in [0.25, 0.3) is 10.9 Å². The Morgan fingerprint density at radius 2 is 1.92 bits per heavy atom. The minimum atomic E-state index is -4.07. The summed E-state index contributed by atoms with van der Waals surface area (Å²) in [7, 11) is -4.07. The summed E-state index contributed by atoms with van der Waals surface area (Å²) in [5.74, 6) is -1.78. The lowest BCUT2D eigenvalue weighted by atomic mass is 10.1. The lowest BCUT2D eigenvalue weighted by Crippen LogP contribution is -2.15. The topological polar surface area (TPSA) is 96.4 Å². The normalized spacial score (nSPS) is 11.4. The SMILES string of the molecule is Cc1c(NS(=O)(=O)c2ccc(F)c3ncccc23)cccc1C(=O)O. The summed E-state index contributed by atoms with van der Waals surface area (Å²) in [6, 6.07) is 9.44. The molecule has 25 heavy (non-hydrogen) atoms. The molecule has 2 aromatic carbocycles. The summed E-state index contributed by atoms with van der Waals surface area (Å²) in [6.07, 6.45) is 1.37. The number of aromatic nitrogens is 1. The van der Waals surface area contributed by atoms with Crippen LogP contribution < -0.4 is 4.72 Å². The molecule has 0 fully saturated rings. The standard InChI is InChI=1S/C17H13FN2O4S/c1-10-11(17(21)22)4-2-6-14(10)20-25(23,24)15-8-7-13(18)16-12(15)5-3-9-19-16/h2-9,20H,1H3,(H,21,22). The number of fused-ring (bicyclic) bond motifs is 1. The van der Waals surface area contributed by atoms with Gasteiger partial charge in [-0.1, -0.05) is 6.07 Å². The number of sulfonamides is 1.